The molecule has 1 aromatic carbocycles. The summed E-state index contributed by atoms with van der Waals surface area (Å²) < 4.78 is 50.4. The minimum absolute atomic E-state index is 0.0515. The van der Waals surface area contributed by atoms with Gasteiger partial charge in [-0.05, 0) is 69.7 Å². The van der Waals surface area contributed by atoms with Crippen LogP contribution in [0.15, 0.2) is 12.1 Å². The highest BCUT2D eigenvalue weighted by Gasteiger charge is 2.31. The van der Waals surface area contributed by atoms with Crippen molar-refractivity contribution in [3.05, 3.63) is 34.5 Å². The number of carboxylic acids is 1. The number of nitrogens with zero attached hydrogens (tertiary/aromatic N) is 2. The number of carbonyl (C=O) groups excluding carboxylic acids is 1. The lowest BCUT2D eigenvalue weighted by Crippen LogP contribution is -2.33. The first-order valence-corrected chi connectivity index (χ1v) is 11.4. The number of ether oxygens (including phenoxy) is 2. The van der Waals surface area contributed by atoms with Crippen LogP contribution in [0.5, 0.6) is 5.75 Å². The minimum atomic E-state index is -4.31. The van der Waals surface area contributed by atoms with E-state index in [1.165, 1.54) is 11.8 Å². The van der Waals surface area contributed by atoms with Gasteiger partial charge in [0.2, 0.25) is 0 Å². The van der Waals surface area contributed by atoms with E-state index in [9.17, 15) is 27.9 Å². The van der Waals surface area contributed by atoms with E-state index >= 15 is 0 Å². The number of nitrogens with one attached hydrogen (secondary N) is 1. The van der Waals surface area contributed by atoms with Crippen molar-refractivity contribution in [3.8, 4) is 17.0 Å². The Bertz CT molecular complexity index is 1100. The van der Waals surface area contributed by atoms with Crippen molar-refractivity contribution in [1.29, 1.82) is 0 Å². The third kappa shape index (κ3) is 6.67. The molecular formula is C24H30F3N3O5. The van der Waals surface area contributed by atoms with Gasteiger partial charge >= 0.3 is 18.2 Å². The zero-order valence-corrected chi connectivity index (χ0v) is 20.2. The molecule has 0 aliphatic heterocycles. The fourth-order valence-corrected chi connectivity index (χ4v) is 4.10. The van der Waals surface area contributed by atoms with E-state index in [1.807, 2.05) is 0 Å². The van der Waals surface area contributed by atoms with Gasteiger partial charge in [-0.3, -0.25) is 4.68 Å². The third-order valence-corrected chi connectivity index (χ3v) is 5.55. The summed E-state index contributed by atoms with van der Waals surface area (Å²) in [6, 6.07) is 3.35. The number of amides is 1. The predicted molar refractivity (Wildman–Crippen MR) is 122 cm³/mol. The maximum atomic E-state index is 12.8. The highest BCUT2D eigenvalue weighted by molar-refractivity contribution is 5.91. The van der Waals surface area contributed by atoms with Gasteiger partial charge in [-0.2, -0.15) is 18.3 Å². The van der Waals surface area contributed by atoms with Crippen LogP contribution in [0.25, 0.3) is 11.3 Å². The summed E-state index contributed by atoms with van der Waals surface area (Å²) >= 11 is 0. The number of fused-ring (bicyclic) bond motifs is 3. The Kier molecular flexibility index (Phi) is 7.66. The van der Waals surface area contributed by atoms with Gasteiger partial charge in [0, 0.05) is 30.6 Å². The number of aryl methyl sites for hydroxylation is 3. The molecule has 192 valence electrons. The number of methoxy groups -OCH3 is 1. The van der Waals surface area contributed by atoms with Crippen LogP contribution < -0.4 is 10.1 Å². The highest BCUT2D eigenvalue weighted by atomic mass is 19.4. The fourth-order valence-electron chi connectivity index (χ4n) is 4.10. The second-order valence-corrected chi connectivity index (χ2v) is 9.42. The van der Waals surface area contributed by atoms with Gasteiger partial charge in [-0.15, -0.1) is 0 Å². The smallest absolute Gasteiger partial charge is 0.407 e. The molecule has 1 amide bonds. The van der Waals surface area contributed by atoms with Crippen LogP contribution in [0.3, 0.4) is 0 Å². The Morgan fingerprint density at radius 3 is 2.51 bits per heavy atom. The largest absolute Gasteiger partial charge is 0.496 e. The van der Waals surface area contributed by atoms with E-state index in [0.29, 0.717) is 47.4 Å². The van der Waals surface area contributed by atoms with Crippen molar-refractivity contribution in [2.24, 2.45) is 0 Å². The average Bonchev–Trinajstić information content (AvgIpc) is 3.11. The summed E-state index contributed by atoms with van der Waals surface area (Å²) in [5.74, 6) is -0.754. The lowest BCUT2D eigenvalue weighted by Gasteiger charge is -2.19. The number of rotatable bonds is 8. The topological polar surface area (TPSA) is 103 Å². The summed E-state index contributed by atoms with van der Waals surface area (Å²) in [4.78, 5) is 23.9. The molecule has 2 N–H and O–H groups in total. The lowest BCUT2D eigenvalue weighted by atomic mass is 9.87. The van der Waals surface area contributed by atoms with Gasteiger partial charge in [0.05, 0.1) is 12.8 Å². The molecule has 0 saturated heterocycles. The van der Waals surface area contributed by atoms with Gasteiger partial charge in [0.15, 0.2) is 0 Å². The van der Waals surface area contributed by atoms with Gasteiger partial charge in [-0.1, -0.05) is 0 Å². The summed E-state index contributed by atoms with van der Waals surface area (Å²) in [6.45, 7) is 5.75. The molecule has 1 heterocycles. The second-order valence-electron chi connectivity index (χ2n) is 9.42. The number of aromatic nitrogens is 2. The molecule has 1 aromatic heterocycles. The lowest BCUT2D eigenvalue weighted by molar-refractivity contribution is -0.134. The Labute approximate surface area is 201 Å². The molecule has 1 aliphatic carbocycles. The molecule has 0 fully saturated rings. The van der Waals surface area contributed by atoms with Gasteiger partial charge < -0.3 is 19.9 Å². The molecular weight excluding hydrogens is 467 g/mol. The number of alkyl halides is 3. The zero-order valence-electron chi connectivity index (χ0n) is 20.2. The number of hydrogen-bond donors (Lipinski definition) is 2. The molecule has 0 saturated carbocycles. The van der Waals surface area contributed by atoms with Crippen molar-refractivity contribution in [1.82, 2.24) is 15.1 Å². The Morgan fingerprint density at radius 2 is 1.91 bits per heavy atom. The minimum Gasteiger partial charge on any atom is -0.496 e. The van der Waals surface area contributed by atoms with E-state index in [1.54, 1.807) is 32.9 Å². The molecule has 0 radical (unpaired) electrons. The van der Waals surface area contributed by atoms with Crippen molar-refractivity contribution < 1.29 is 37.3 Å². The van der Waals surface area contributed by atoms with Gasteiger partial charge in [-0.25, -0.2) is 9.59 Å². The third-order valence-electron chi connectivity index (χ3n) is 5.55. The first-order chi connectivity index (χ1) is 16.3. The van der Waals surface area contributed by atoms with E-state index < -0.39 is 30.3 Å². The average molecular weight is 498 g/mol. The van der Waals surface area contributed by atoms with Crippen LogP contribution in [0.1, 0.15) is 60.8 Å². The molecule has 1 aliphatic rings. The van der Waals surface area contributed by atoms with Crippen LogP contribution in [0, 0.1) is 0 Å². The maximum Gasteiger partial charge on any atom is 0.407 e. The Balaban J connectivity index is 1.84. The monoisotopic (exact) mass is 497 g/mol. The number of benzene rings is 1. The van der Waals surface area contributed by atoms with Crippen molar-refractivity contribution in [2.75, 3.05) is 13.7 Å². The fraction of sp³-hybridized carbons (Fsp3) is 0.542. The standard InChI is InChI=1S/C24H30F3N3O5/c1-23(2,3)35-22(33)28-10-5-11-30-20(21(31)32)16-7-6-14-13-18(34-4)15(8-9-24(25,26)27)12-17(14)19(16)29-30/h12-13H,5-11H2,1-4H3,(H,28,33)(H,31,32). The summed E-state index contributed by atoms with van der Waals surface area (Å²) in [6.07, 6.45) is -4.75. The molecule has 3 rings (SSSR count). The van der Waals surface area contributed by atoms with Gasteiger partial charge in [0.25, 0.3) is 0 Å². The van der Waals surface area contributed by atoms with E-state index in [2.05, 4.69) is 10.4 Å². The molecule has 0 unspecified atom stereocenters. The van der Waals surface area contributed by atoms with Crippen LogP contribution >= 0.6 is 0 Å². The highest BCUT2D eigenvalue weighted by Crippen LogP contribution is 2.39. The molecule has 8 nitrogen and oxygen atoms in total. The summed E-state index contributed by atoms with van der Waals surface area (Å²) in [5, 5.41) is 17.0. The van der Waals surface area contributed by atoms with Crippen molar-refractivity contribution >= 4 is 12.1 Å². The normalized spacial score (nSPS) is 13.1. The number of carbonyl (C=O) groups is 2. The van der Waals surface area contributed by atoms with E-state index in [4.69, 9.17) is 9.47 Å². The first-order valence-electron chi connectivity index (χ1n) is 11.4. The zero-order chi connectivity index (χ0) is 26.0. The molecule has 0 atom stereocenters. The quantitative estimate of drug-likeness (QED) is 0.510. The molecule has 0 bridgehead atoms. The summed E-state index contributed by atoms with van der Waals surface area (Å²) in [7, 11) is 1.41. The molecule has 2 aromatic rings. The molecule has 0 spiro atoms. The number of hydrogen-bond acceptors (Lipinski definition) is 5. The predicted octanol–water partition coefficient (Wildman–Crippen LogP) is 4.77. The number of carboxylic acid groups (broad SMARTS) is 1. The van der Waals surface area contributed by atoms with Crippen LogP contribution in [0.2, 0.25) is 0 Å². The van der Waals surface area contributed by atoms with Crippen LogP contribution in [-0.2, 0) is 30.5 Å². The van der Waals surface area contributed by atoms with Crippen LogP contribution in [0.4, 0.5) is 18.0 Å². The van der Waals surface area contributed by atoms with Crippen molar-refractivity contribution in [2.45, 2.75) is 71.2 Å². The maximum absolute atomic E-state index is 12.8. The van der Waals surface area contributed by atoms with Crippen LogP contribution in [-0.4, -0.2) is 52.4 Å². The SMILES string of the molecule is COc1cc2c(cc1CCC(F)(F)F)-c1nn(CCCNC(=O)OC(C)(C)C)c(C(=O)O)c1CC2. The first kappa shape index (κ1) is 26.4. The van der Waals surface area contributed by atoms with E-state index in [-0.39, 0.29) is 25.2 Å². The van der Waals surface area contributed by atoms with Crippen molar-refractivity contribution in [3.63, 3.8) is 0 Å². The second kappa shape index (κ2) is 10.2. The molecule has 35 heavy (non-hydrogen) atoms. The number of alkyl carbamates (subject to hydrolysis) is 1. The van der Waals surface area contributed by atoms with Gasteiger partial charge in [0.1, 0.15) is 17.0 Å². The van der Waals surface area contributed by atoms with E-state index in [0.717, 1.165) is 5.56 Å². The molecule has 11 heteroatoms. The number of halogens is 3. The summed E-state index contributed by atoms with van der Waals surface area (Å²) in [5.41, 5.74) is 2.30. The Hall–Kier alpha value is -3.24. The Morgan fingerprint density at radius 1 is 1.20 bits per heavy atom. The number of aromatic carboxylic acids is 1.